The lowest BCUT2D eigenvalue weighted by Gasteiger charge is -2.47. The van der Waals surface area contributed by atoms with E-state index in [0.717, 1.165) is 12.8 Å². The number of carbonyl (C=O) groups is 1. The highest BCUT2D eigenvalue weighted by atomic mass is 16.6. The predicted octanol–water partition coefficient (Wildman–Crippen LogP) is 6.38. The van der Waals surface area contributed by atoms with Crippen LogP contribution < -0.4 is 0 Å². The first-order valence-electron chi connectivity index (χ1n) is 9.49. The van der Waals surface area contributed by atoms with E-state index in [2.05, 4.69) is 62.3 Å². The highest BCUT2D eigenvalue weighted by Crippen LogP contribution is 2.50. The van der Waals surface area contributed by atoms with Crippen LogP contribution in [0.4, 0.5) is 0 Å². The van der Waals surface area contributed by atoms with E-state index in [9.17, 15) is 4.79 Å². The average Bonchev–Trinajstić information content (AvgIpc) is 2.90. The molecule has 0 aromatic rings. The van der Waals surface area contributed by atoms with Crippen molar-refractivity contribution < 1.29 is 9.53 Å². The predicted molar refractivity (Wildman–Crippen MR) is 98.4 cm³/mol. The molecule has 0 spiro atoms. The highest BCUT2D eigenvalue weighted by molar-refractivity contribution is 5.78. The summed E-state index contributed by atoms with van der Waals surface area (Å²) in [4.78, 5) is 13.3. The molecule has 0 saturated heterocycles. The van der Waals surface area contributed by atoms with Gasteiger partial charge in [0.15, 0.2) is 0 Å². The Bertz CT molecular complexity index is 408. The van der Waals surface area contributed by atoms with Crippen LogP contribution in [0, 0.1) is 22.2 Å². The largest absolute Gasteiger partial charge is 0.459 e. The summed E-state index contributed by atoms with van der Waals surface area (Å²) in [5.74, 6) is 0.506. The maximum Gasteiger partial charge on any atom is 0.312 e. The van der Waals surface area contributed by atoms with Gasteiger partial charge in [0, 0.05) is 0 Å². The lowest BCUT2D eigenvalue weighted by atomic mass is 9.59. The van der Waals surface area contributed by atoms with Gasteiger partial charge in [-0.05, 0) is 63.2 Å². The minimum Gasteiger partial charge on any atom is -0.459 e. The normalized spacial score (nSPS) is 20.4. The Morgan fingerprint density at radius 3 is 1.83 bits per heavy atom. The van der Waals surface area contributed by atoms with E-state index < -0.39 is 5.41 Å². The van der Waals surface area contributed by atoms with Crippen LogP contribution in [-0.2, 0) is 9.53 Å². The van der Waals surface area contributed by atoms with Crippen LogP contribution in [-0.4, -0.2) is 11.6 Å². The molecule has 0 N–H and O–H groups in total. The molecule has 1 saturated carbocycles. The van der Waals surface area contributed by atoms with Gasteiger partial charge in [0.1, 0.15) is 5.60 Å². The minimum atomic E-state index is -0.462. The van der Waals surface area contributed by atoms with Gasteiger partial charge in [0.25, 0.3) is 0 Å². The molecule has 0 amide bonds. The summed E-state index contributed by atoms with van der Waals surface area (Å²) in [5.41, 5.74) is -0.798. The fourth-order valence-corrected chi connectivity index (χ4v) is 4.09. The third-order valence-electron chi connectivity index (χ3n) is 6.41. The van der Waals surface area contributed by atoms with Gasteiger partial charge in [0.05, 0.1) is 5.41 Å². The van der Waals surface area contributed by atoms with Gasteiger partial charge in [-0.3, -0.25) is 4.79 Å². The smallest absolute Gasteiger partial charge is 0.312 e. The number of esters is 1. The molecule has 1 unspecified atom stereocenters. The maximum atomic E-state index is 13.3. The molecule has 2 heteroatoms. The molecule has 0 aromatic heterocycles. The molecule has 1 aliphatic carbocycles. The molecular weight excluding hydrogens is 284 g/mol. The first-order chi connectivity index (χ1) is 10.3. The van der Waals surface area contributed by atoms with Crippen molar-refractivity contribution in [1.29, 1.82) is 0 Å². The monoisotopic (exact) mass is 324 g/mol. The van der Waals surface area contributed by atoms with Crippen LogP contribution >= 0.6 is 0 Å². The van der Waals surface area contributed by atoms with Crippen molar-refractivity contribution >= 4 is 5.97 Å². The van der Waals surface area contributed by atoms with Gasteiger partial charge >= 0.3 is 5.97 Å². The topological polar surface area (TPSA) is 26.3 Å². The fourth-order valence-electron chi connectivity index (χ4n) is 4.09. The Kier molecular flexibility index (Phi) is 6.03. The second-order valence-electron chi connectivity index (χ2n) is 10.3. The van der Waals surface area contributed by atoms with Crippen molar-refractivity contribution in [2.24, 2.45) is 22.2 Å². The zero-order valence-corrected chi connectivity index (χ0v) is 17.1. The fraction of sp³-hybridized carbons (Fsp3) is 0.952. The van der Waals surface area contributed by atoms with E-state index in [1.807, 2.05) is 0 Å². The molecular formula is C21H40O2. The van der Waals surface area contributed by atoms with Crippen molar-refractivity contribution in [2.75, 3.05) is 0 Å². The van der Waals surface area contributed by atoms with Crippen LogP contribution in [0.15, 0.2) is 0 Å². The van der Waals surface area contributed by atoms with Gasteiger partial charge in [-0.15, -0.1) is 0 Å². The van der Waals surface area contributed by atoms with Gasteiger partial charge < -0.3 is 4.74 Å². The number of rotatable bonds is 6. The van der Waals surface area contributed by atoms with E-state index in [1.165, 1.54) is 25.7 Å². The molecule has 1 aliphatic rings. The molecule has 0 heterocycles. The molecule has 1 atom stereocenters. The average molecular weight is 325 g/mol. The van der Waals surface area contributed by atoms with Crippen LogP contribution in [0.25, 0.3) is 0 Å². The molecule has 23 heavy (non-hydrogen) atoms. The molecule has 0 aromatic carbocycles. The third kappa shape index (κ3) is 4.73. The van der Waals surface area contributed by atoms with Crippen LogP contribution in [0.3, 0.4) is 0 Å². The van der Waals surface area contributed by atoms with E-state index in [4.69, 9.17) is 4.74 Å². The Labute approximate surface area is 144 Å². The molecule has 0 aliphatic heterocycles. The summed E-state index contributed by atoms with van der Waals surface area (Å²) in [6.07, 6.45) is 6.73. The Balaban J connectivity index is 3.04. The van der Waals surface area contributed by atoms with Gasteiger partial charge in [-0.25, -0.2) is 0 Å². The molecule has 2 nitrogen and oxygen atoms in total. The molecule has 1 fully saturated rings. The number of carbonyl (C=O) groups excluding carboxylic acids is 1. The van der Waals surface area contributed by atoms with Crippen LogP contribution in [0.5, 0.6) is 0 Å². The molecule has 0 radical (unpaired) electrons. The van der Waals surface area contributed by atoms with Crippen LogP contribution in [0.2, 0.25) is 0 Å². The Morgan fingerprint density at radius 2 is 1.43 bits per heavy atom. The molecule has 0 bridgehead atoms. The lowest BCUT2D eigenvalue weighted by Crippen LogP contribution is -2.49. The summed E-state index contributed by atoms with van der Waals surface area (Å²) in [5, 5.41) is 0. The van der Waals surface area contributed by atoms with Gasteiger partial charge in [0.2, 0.25) is 0 Å². The summed E-state index contributed by atoms with van der Waals surface area (Å²) in [6, 6.07) is 0. The first kappa shape index (κ1) is 20.5. The highest BCUT2D eigenvalue weighted by Gasteiger charge is 2.51. The van der Waals surface area contributed by atoms with E-state index in [-0.39, 0.29) is 22.4 Å². The third-order valence-corrected chi connectivity index (χ3v) is 6.41. The molecule has 136 valence electrons. The summed E-state index contributed by atoms with van der Waals surface area (Å²) in [6.45, 7) is 19.6. The maximum absolute atomic E-state index is 13.3. The van der Waals surface area contributed by atoms with E-state index in [0.29, 0.717) is 5.92 Å². The zero-order valence-electron chi connectivity index (χ0n) is 17.1. The van der Waals surface area contributed by atoms with Crippen molar-refractivity contribution in [3.63, 3.8) is 0 Å². The first-order valence-corrected chi connectivity index (χ1v) is 9.49. The lowest BCUT2D eigenvalue weighted by molar-refractivity contribution is -0.184. The van der Waals surface area contributed by atoms with E-state index >= 15 is 0 Å². The Hall–Kier alpha value is -0.530. The van der Waals surface area contributed by atoms with Crippen molar-refractivity contribution in [3.05, 3.63) is 0 Å². The minimum absolute atomic E-state index is 0.00354. The summed E-state index contributed by atoms with van der Waals surface area (Å²) < 4.78 is 6.18. The Morgan fingerprint density at radius 1 is 0.957 bits per heavy atom. The quantitative estimate of drug-likeness (QED) is 0.530. The van der Waals surface area contributed by atoms with Gasteiger partial charge in [-0.1, -0.05) is 54.4 Å². The van der Waals surface area contributed by atoms with Crippen molar-refractivity contribution in [3.8, 4) is 0 Å². The second kappa shape index (κ2) is 6.76. The summed E-state index contributed by atoms with van der Waals surface area (Å²) in [7, 11) is 0. The SMILES string of the molecule is CCC(C)(C)C(C)(CC(C)(C)C)C(=O)OC(C)(C)C1CCCC1. The summed E-state index contributed by atoms with van der Waals surface area (Å²) >= 11 is 0. The van der Waals surface area contributed by atoms with Crippen molar-refractivity contribution in [2.45, 2.75) is 106 Å². The number of ether oxygens (including phenoxy) is 1. The zero-order chi connectivity index (χ0) is 18.1. The second-order valence-corrected chi connectivity index (χ2v) is 10.3. The number of hydrogen-bond acceptors (Lipinski definition) is 2. The van der Waals surface area contributed by atoms with Gasteiger partial charge in [-0.2, -0.15) is 0 Å². The van der Waals surface area contributed by atoms with Crippen molar-refractivity contribution in [1.82, 2.24) is 0 Å². The molecule has 1 rings (SSSR count). The van der Waals surface area contributed by atoms with E-state index in [1.54, 1.807) is 0 Å². The standard InChI is InChI=1S/C21H40O2/c1-10-19(5,6)21(9,15-18(2,3)4)17(22)23-20(7,8)16-13-11-12-14-16/h16H,10-15H2,1-9H3. The number of hydrogen-bond donors (Lipinski definition) is 0. The van der Waals surface area contributed by atoms with Crippen LogP contribution in [0.1, 0.15) is 101 Å².